The van der Waals surface area contributed by atoms with Crippen molar-refractivity contribution in [2.75, 3.05) is 0 Å². The Bertz CT molecular complexity index is 862. The first-order valence-corrected chi connectivity index (χ1v) is 8.96. The summed E-state index contributed by atoms with van der Waals surface area (Å²) in [5, 5.41) is 1.11. The molecule has 0 spiro atoms. The van der Waals surface area contributed by atoms with Gasteiger partial charge >= 0.3 is 5.97 Å². The first-order chi connectivity index (χ1) is 12.6. The molecule has 1 atom stereocenters. The van der Waals surface area contributed by atoms with E-state index >= 15 is 0 Å². The summed E-state index contributed by atoms with van der Waals surface area (Å²) in [4.78, 5) is 22.0. The molecular weight excluding hydrogens is 324 g/mol. The highest BCUT2D eigenvalue weighted by molar-refractivity contribution is 5.78. The van der Waals surface area contributed by atoms with Gasteiger partial charge in [0.15, 0.2) is 0 Å². The smallest absolute Gasteiger partial charge is 0.325 e. The zero-order valence-corrected chi connectivity index (χ0v) is 15.2. The lowest BCUT2D eigenvalue weighted by atomic mass is 10.0. The average Bonchev–Trinajstić information content (AvgIpc) is 2.65. The van der Waals surface area contributed by atoms with E-state index in [0.717, 1.165) is 22.2 Å². The molecular formula is C22H24N2O2. The first kappa shape index (κ1) is 18.1. The summed E-state index contributed by atoms with van der Waals surface area (Å²) in [5.74, 6) is 0.0223. The maximum Gasteiger partial charge on any atom is 0.325 e. The van der Waals surface area contributed by atoms with Crippen LogP contribution in [0.1, 0.15) is 37.6 Å². The molecule has 0 aliphatic heterocycles. The second kappa shape index (κ2) is 8.59. The molecule has 1 N–H and O–H groups in total. The van der Waals surface area contributed by atoms with Crippen LogP contribution >= 0.6 is 0 Å². The first-order valence-electron chi connectivity index (χ1n) is 8.96. The van der Waals surface area contributed by atoms with Gasteiger partial charge in [-0.3, -0.25) is 9.78 Å². The molecule has 0 fully saturated rings. The monoisotopic (exact) mass is 348 g/mol. The summed E-state index contributed by atoms with van der Waals surface area (Å²) < 4.78 is 0. The Balaban J connectivity index is 1.77. The molecule has 1 heterocycles. The SMILES string of the molecule is CC(C)CC(=O)ON[C@H](Cc1ccc2ccccc2n1)c1ccccc1. The molecule has 2 aromatic carbocycles. The number of carbonyl (C=O) groups excluding carboxylic acids is 1. The summed E-state index contributed by atoms with van der Waals surface area (Å²) in [5.41, 5.74) is 5.92. The largest absolute Gasteiger partial charge is 0.370 e. The second-order valence-electron chi connectivity index (χ2n) is 6.85. The number of rotatable bonds is 7. The van der Waals surface area contributed by atoms with Crippen LogP contribution in [0.4, 0.5) is 0 Å². The van der Waals surface area contributed by atoms with Crippen molar-refractivity contribution in [3.8, 4) is 0 Å². The molecule has 134 valence electrons. The fraction of sp³-hybridized carbons (Fsp3) is 0.273. The summed E-state index contributed by atoms with van der Waals surface area (Å²) in [6.07, 6.45) is 1.02. The maximum absolute atomic E-state index is 11.9. The van der Waals surface area contributed by atoms with Crippen molar-refractivity contribution in [2.45, 2.75) is 32.7 Å². The molecule has 26 heavy (non-hydrogen) atoms. The van der Waals surface area contributed by atoms with Gasteiger partial charge < -0.3 is 4.84 Å². The molecule has 3 rings (SSSR count). The van der Waals surface area contributed by atoms with Crippen LogP contribution in [0.3, 0.4) is 0 Å². The average molecular weight is 348 g/mol. The number of nitrogens with zero attached hydrogens (tertiary/aromatic N) is 1. The van der Waals surface area contributed by atoms with Crippen LogP contribution in [-0.2, 0) is 16.1 Å². The van der Waals surface area contributed by atoms with Crippen LogP contribution in [0, 0.1) is 5.92 Å². The number of benzene rings is 2. The minimum atomic E-state index is -0.243. The van der Waals surface area contributed by atoms with E-state index in [4.69, 9.17) is 9.82 Å². The number of carbonyl (C=O) groups is 1. The molecule has 0 saturated carbocycles. The van der Waals surface area contributed by atoms with Crippen LogP contribution in [0.2, 0.25) is 0 Å². The number of nitrogens with one attached hydrogen (secondary N) is 1. The number of aromatic nitrogens is 1. The topological polar surface area (TPSA) is 51.2 Å². The standard InChI is InChI=1S/C22H24N2O2/c1-16(2)14-22(25)26-24-21(17-8-4-3-5-9-17)15-19-13-12-18-10-6-7-11-20(18)23-19/h3-13,16,21,24H,14-15H2,1-2H3/t21-/m1/s1. The number of hydrogen-bond acceptors (Lipinski definition) is 4. The summed E-state index contributed by atoms with van der Waals surface area (Å²) in [7, 11) is 0. The second-order valence-corrected chi connectivity index (χ2v) is 6.85. The maximum atomic E-state index is 11.9. The summed E-state index contributed by atoms with van der Waals surface area (Å²) in [6.45, 7) is 3.99. The van der Waals surface area contributed by atoms with Gasteiger partial charge in [0.25, 0.3) is 0 Å². The van der Waals surface area contributed by atoms with E-state index in [9.17, 15) is 4.79 Å². The number of para-hydroxylation sites is 1. The molecule has 0 bridgehead atoms. The minimum absolute atomic E-state index is 0.152. The molecule has 3 aromatic rings. The molecule has 0 amide bonds. The van der Waals surface area contributed by atoms with Crippen molar-refractivity contribution in [3.63, 3.8) is 0 Å². The molecule has 4 nitrogen and oxygen atoms in total. The van der Waals surface area contributed by atoms with E-state index < -0.39 is 0 Å². The van der Waals surface area contributed by atoms with Gasteiger partial charge in [0.05, 0.1) is 11.6 Å². The fourth-order valence-electron chi connectivity index (χ4n) is 2.86. The lowest BCUT2D eigenvalue weighted by Crippen LogP contribution is -2.27. The van der Waals surface area contributed by atoms with Crippen LogP contribution < -0.4 is 5.48 Å². The Hall–Kier alpha value is -2.72. The van der Waals surface area contributed by atoms with Crippen molar-refractivity contribution in [1.29, 1.82) is 0 Å². The van der Waals surface area contributed by atoms with Gasteiger partial charge in [0.1, 0.15) is 0 Å². The third-order valence-corrected chi connectivity index (χ3v) is 4.16. The zero-order valence-electron chi connectivity index (χ0n) is 15.2. The van der Waals surface area contributed by atoms with Gasteiger partial charge in [0, 0.05) is 23.9 Å². The van der Waals surface area contributed by atoms with Gasteiger partial charge in [0.2, 0.25) is 0 Å². The zero-order chi connectivity index (χ0) is 18.4. The highest BCUT2D eigenvalue weighted by Crippen LogP contribution is 2.20. The van der Waals surface area contributed by atoms with Gasteiger partial charge in [-0.2, -0.15) is 0 Å². The Labute approximate surface area is 154 Å². The Morgan fingerprint density at radius 2 is 1.73 bits per heavy atom. The predicted octanol–water partition coefficient (Wildman–Crippen LogP) is 4.61. The Kier molecular flexibility index (Phi) is 5.97. The highest BCUT2D eigenvalue weighted by Gasteiger charge is 2.16. The molecule has 4 heteroatoms. The quantitative estimate of drug-likeness (QED) is 0.633. The van der Waals surface area contributed by atoms with Gasteiger partial charge in [-0.05, 0) is 23.6 Å². The van der Waals surface area contributed by atoms with Crippen LogP contribution in [-0.4, -0.2) is 11.0 Å². The van der Waals surface area contributed by atoms with E-state index in [0.29, 0.717) is 12.8 Å². The summed E-state index contributed by atoms with van der Waals surface area (Å²) >= 11 is 0. The van der Waals surface area contributed by atoms with Crippen LogP contribution in [0.15, 0.2) is 66.7 Å². The van der Waals surface area contributed by atoms with Crippen molar-refractivity contribution < 1.29 is 9.63 Å². The van der Waals surface area contributed by atoms with E-state index in [1.54, 1.807) is 0 Å². The highest BCUT2D eigenvalue weighted by atomic mass is 16.7. The Morgan fingerprint density at radius 1 is 1.00 bits per heavy atom. The lowest BCUT2D eigenvalue weighted by Gasteiger charge is -2.19. The van der Waals surface area contributed by atoms with Crippen molar-refractivity contribution in [3.05, 3.63) is 78.0 Å². The van der Waals surface area contributed by atoms with E-state index in [1.807, 2.05) is 74.5 Å². The van der Waals surface area contributed by atoms with Gasteiger partial charge in [-0.1, -0.05) is 68.4 Å². The van der Waals surface area contributed by atoms with Crippen molar-refractivity contribution >= 4 is 16.9 Å². The van der Waals surface area contributed by atoms with E-state index in [1.165, 1.54) is 0 Å². The number of pyridine rings is 1. The third kappa shape index (κ3) is 4.90. The van der Waals surface area contributed by atoms with Crippen LogP contribution in [0.5, 0.6) is 0 Å². The molecule has 0 unspecified atom stereocenters. The van der Waals surface area contributed by atoms with Gasteiger partial charge in [-0.15, -0.1) is 5.48 Å². The minimum Gasteiger partial charge on any atom is -0.370 e. The number of fused-ring (bicyclic) bond motifs is 1. The van der Waals surface area contributed by atoms with E-state index in [-0.39, 0.29) is 17.9 Å². The third-order valence-electron chi connectivity index (χ3n) is 4.16. The predicted molar refractivity (Wildman–Crippen MR) is 103 cm³/mol. The van der Waals surface area contributed by atoms with Gasteiger partial charge in [-0.25, -0.2) is 0 Å². The van der Waals surface area contributed by atoms with E-state index in [2.05, 4.69) is 11.5 Å². The molecule has 0 aliphatic carbocycles. The Morgan fingerprint density at radius 3 is 2.50 bits per heavy atom. The number of hydroxylamine groups is 1. The van der Waals surface area contributed by atoms with Crippen molar-refractivity contribution in [1.82, 2.24) is 10.5 Å². The van der Waals surface area contributed by atoms with Crippen LogP contribution in [0.25, 0.3) is 10.9 Å². The lowest BCUT2D eigenvalue weighted by molar-refractivity contribution is -0.154. The molecule has 1 aromatic heterocycles. The molecule has 0 aliphatic rings. The van der Waals surface area contributed by atoms with Crippen molar-refractivity contribution in [2.24, 2.45) is 5.92 Å². The molecule has 0 radical (unpaired) electrons. The fourth-order valence-corrected chi connectivity index (χ4v) is 2.86. The normalized spacial score (nSPS) is 12.3. The molecule has 0 saturated heterocycles. The summed E-state index contributed by atoms with van der Waals surface area (Å²) in [6, 6.07) is 22.0. The number of hydrogen-bond donors (Lipinski definition) is 1.